The molecule has 0 aromatic heterocycles. The lowest BCUT2D eigenvalue weighted by Crippen LogP contribution is -2.51. The van der Waals surface area contributed by atoms with Gasteiger partial charge in [0.05, 0.1) is 28.8 Å². The first-order chi connectivity index (χ1) is 8.52. The fourth-order valence-corrected chi connectivity index (χ4v) is 2.10. The minimum Gasteiger partial charge on any atom is -0.350 e. The maximum absolute atomic E-state index is 14.0. The molecule has 5 nitrogen and oxygen atoms in total. The van der Waals surface area contributed by atoms with Crippen LogP contribution in [0.2, 0.25) is 0 Å². The van der Waals surface area contributed by atoms with Gasteiger partial charge in [-0.1, -0.05) is 0 Å². The molecule has 0 aliphatic carbocycles. The molecular weight excluding hydrogens is 305 g/mol. The van der Waals surface area contributed by atoms with E-state index in [-0.39, 0.29) is 28.8 Å². The zero-order chi connectivity index (χ0) is 13.3. The Morgan fingerprint density at radius 2 is 1.94 bits per heavy atom. The van der Waals surface area contributed by atoms with Gasteiger partial charge in [-0.25, -0.2) is 4.39 Å². The van der Waals surface area contributed by atoms with Crippen molar-refractivity contribution in [3.63, 3.8) is 0 Å². The van der Waals surface area contributed by atoms with Crippen LogP contribution in [0.1, 0.15) is 5.56 Å². The molecule has 18 heavy (non-hydrogen) atoms. The summed E-state index contributed by atoms with van der Waals surface area (Å²) < 4.78 is 14.0. The number of nitrogens with one attached hydrogen (secondary N) is 1. The highest BCUT2D eigenvalue weighted by molar-refractivity contribution is 9.10. The molecule has 0 radical (unpaired) electrons. The lowest BCUT2D eigenvalue weighted by Gasteiger charge is -2.27. The van der Waals surface area contributed by atoms with Crippen LogP contribution in [0.3, 0.4) is 0 Å². The third-order valence-electron chi connectivity index (χ3n) is 2.47. The number of imide groups is 1. The van der Waals surface area contributed by atoms with Gasteiger partial charge in [-0.3, -0.25) is 14.9 Å². The van der Waals surface area contributed by atoms with Gasteiger partial charge in [-0.2, -0.15) is 5.26 Å². The summed E-state index contributed by atoms with van der Waals surface area (Å²) in [6.45, 7) is -0.192. The Morgan fingerprint density at radius 1 is 1.33 bits per heavy atom. The van der Waals surface area contributed by atoms with Crippen molar-refractivity contribution in [3.8, 4) is 6.07 Å². The van der Waals surface area contributed by atoms with Crippen LogP contribution in [0.4, 0.5) is 10.1 Å². The smallest absolute Gasteiger partial charge is 0.246 e. The van der Waals surface area contributed by atoms with Gasteiger partial charge < -0.3 is 4.90 Å². The van der Waals surface area contributed by atoms with Gasteiger partial charge in [0.2, 0.25) is 11.8 Å². The number of nitrogens with zero attached hydrogens (tertiary/aromatic N) is 2. The largest absolute Gasteiger partial charge is 0.350 e. The summed E-state index contributed by atoms with van der Waals surface area (Å²) in [6, 6.07) is 4.64. The Labute approximate surface area is 110 Å². The molecule has 1 aromatic carbocycles. The van der Waals surface area contributed by atoms with E-state index in [9.17, 15) is 14.0 Å². The van der Waals surface area contributed by atoms with Crippen molar-refractivity contribution in [3.05, 3.63) is 28.0 Å². The second-order valence-corrected chi connectivity index (χ2v) is 4.49. The number of rotatable bonds is 1. The Kier molecular flexibility index (Phi) is 3.30. The monoisotopic (exact) mass is 311 g/mol. The van der Waals surface area contributed by atoms with Gasteiger partial charge in [0.25, 0.3) is 0 Å². The normalized spacial score (nSPS) is 15.3. The lowest BCUT2D eigenvalue weighted by molar-refractivity contribution is -0.130. The van der Waals surface area contributed by atoms with E-state index in [0.29, 0.717) is 0 Å². The minimum atomic E-state index is -0.656. The zero-order valence-electron chi connectivity index (χ0n) is 9.04. The van der Waals surface area contributed by atoms with Crippen molar-refractivity contribution in [1.29, 1.82) is 5.26 Å². The lowest BCUT2D eigenvalue weighted by atomic mass is 10.2. The summed E-state index contributed by atoms with van der Waals surface area (Å²) in [5, 5.41) is 10.9. The van der Waals surface area contributed by atoms with E-state index >= 15 is 0 Å². The van der Waals surface area contributed by atoms with Gasteiger partial charge in [0.15, 0.2) is 5.82 Å². The third kappa shape index (κ3) is 2.19. The van der Waals surface area contributed by atoms with Crippen LogP contribution in [0, 0.1) is 17.1 Å². The second-order valence-electron chi connectivity index (χ2n) is 3.70. The zero-order valence-corrected chi connectivity index (χ0v) is 10.6. The predicted molar refractivity (Wildman–Crippen MR) is 64.2 cm³/mol. The molecule has 1 saturated heterocycles. The van der Waals surface area contributed by atoms with E-state index in [1.165, 1.54) is 17.0 Å². The Balaban J connectivity index is 2.40. The number of piperazine rings is 1. The highest BCUT2D eigenvalue weighted by atomic mass is 79.9. The quantitative estimate of drug-likeness (QED) is 0.783. The molecule has 7 heteroatoms. The predicted octanol–water partition coefficient (Wildman–Crippen LogP) is 0.923. The Bertz CT molecular complexity index is 566. The first-order valence-electron chi connectivity index (χ1n) is 4.98. The van der Waals surface area contributed by atoms with Crippen molar-refractivity contribution in [2.45, 2.75) is 0 Å². The van der Waals surface area contributed by atoms with Crippen molar-refractivity contribution in [1.82, 2.24) is 5.32 Å². The topological polar surface area (TPSA) is 73.2 Å². The molecule has 0 bridgehead atoms. The van der Waals surface area contributed by atoms with Crippen molar-refractivity contribution in [2.75, 3.05) is 18.0 Å². The van der Waals surface area contributed by atoms with Crippen LogP contribution in [-0.4, -0.2) is 24.9 Å². The molecule has 2 rings (SSSR count). The fourth-order valence-electron chi connectivity index (χ4n) is 1.68. The van der Waals surface area contributed by atoms with Crippen LogP contribution in [0.5, 0.6) is 0 Å². The number of amides is 2. The van der Waals surface area contributed by atoms with Gasteiger partial charge >= 0.3 is 0 Å². The maximum atomic E-state index is 14.0. The van der Waals surface area contributed by atoms with Crippen LogP contribution in [0.15, 0.2) is 16.6 Å². The number of halogens is 2. The van der Waals surface area contributed by atoms with E-state index < -0.39 is 17.6 Å². The van der Waals surface area contributed by atoms with Crippen molar-refractivity contribution in [2.24, 2.45) is 0 Å². The van der Waals surface area contributed by atoms with Crippen molar-refractivity contribution < 1.29 is 14.0 Å². The average Bonchev–Trinajstić information content (AvgIpc) is 2.31. The molecule has 2 amide bonds. The third-order valence-corrected chi connectivity index (χ3v) is 3.25. The molecule has 1 N–H and O–H groups in total. The first-order valence-corrected chi connectivity index (χ1v) is 5.78. The van der Waals surface area contributed by atoms with Gasteiger partial charge in [-0.05, 0) is 28.1 Å². The van der Waals surface area contributed by atoms with Crippen LogP contribution >= 0.6 is 15.9 Å². The Hall–Kier alpha value is -1.94. The maximum Gasteiger partial charge on any atom is 0.246 e. The molecule has 92 valence electrons. The van der Waals surface area contributed by atoms with Crippen LogP contribution in [-0.2, 0) is 9.59 Å². The van der Waals surface area contributed by atoms with E-state index in [0.717, 1.165) is 0 Å². The molecule has 0 unspecified atom stereocenters. The highest BCUT2D eigenvalue weighted by Crippen LogP contribution is 2.29. The SMILES string of the molecule is N#Cc1ccc(N2CC(=O)NC(=O)C2)c(F)c1Br. The number of anilines is 1. The molecule has 1 aliphatic rings. The Morgan fingerprint density at radius 3 is 2.50 bits per heavy atom. The van der Waals surface area contributed by atoms with Gasteiger partial charge in [-0.15, -0.1) is 0 Å². The van der Waals surface area contributed by atoms with Gasteiger partial charge in [0.1, 0.15) is 6.07 Å². The summed E-state index contributed by atoms with van der Waals surface area (Å²) in [5.74, 6) is -1.62. The van der Waals surface area contributed by atoms with E-state index in [2.05, 4.69) is 21.2 Å². The first kappa shape index (κ1) is 12.5. The fraction of sp³-hybridized carbons (Fsp3) is 0.182. The number of nitriles is 1. The molecule has 0 saturated carbocycles. The number of benzene rings is 1. The number of hydrogen-bond acceptors (Lipinski definition) is 4. The number of hydrogen-bond donors (Lipinski definition) is 1. The van der Waals surface area contributed by atoms with Crippen LogP contribution in [0.25, 0.3) is 0 Å². The molecule has 1 fully saturated rings. The highest BCUT2D eigenvalue weighted by Gasteiger charge is 2.25. The van der Waals surface area contributed by atoms with Crippen molar-refractivity contribution >= 4 is 33.4 Å². The molecule has 1 heterocycles. The second kappa shape index (κ2) is 4.74. The summed E-state index contributed by atoms with van der Waals surface area (Å²) in [7, 11) is 0. The number of carbonyl (C=O) groups is 2. The number of carbonyl (C=O) groups excluding carboxylic acids is 2. The molecular formula is C11H7BrFN3O2. The molecule has 1 aliphatic heterocycles. The minimum absolute atomic E-state index is 0.0286. The van der Waals surface area contributed by atoms with E-state index in [4.69, 9.17) is 5.26 Å². The molecule has 1 aromatic rings. The summed E-state index contributed by atoms with van der Waals surface area (Å²) in [6.07, 6.45) is 0. The van der Waals surface area contributed by atoms with Gasteiger partial charge in [0, 0.05) is 0 Å². The molecule has 0 atom stereocenters. The summed E-state index contributed by atoms with van der Waals surface area (Å²) >= 11 is 2.98. The summed E-state index contributed by atoms with van der Waals surface area (Å²) in [4.78, 5) is 23.8. The van der Waals surface area contributed by atoms with Crippen LogP contribution < -0.4 is 10.2 Å². The van der Waals surface area contributed by atoms with E-state index in [1.54, 1.807) is 0 Å². The summed E-state index contributed by atoms with van der Waals surface area (Å²) in [5.41, 5.74) is 0.271. The van der Waals surface area contributed by atoms with E-state index in [1.807, 2.05) is 6.07 Å². The average molecular weight is 312 g/mol. The standard InChI is InChI=1S/C11H7BrFN3O2/c12-10-6(3-14)1-2-7(11(10)13)16-4-8(17)15-9(18)5-16/h1-2H,4-5H2,(H,15,17,18). The molecule has 0 spiro atoms.